The van der Waals surface area contributed by atoms with E-state index in [2.05, 4.69) is 0 Å². The van der Waals surface area contributed by atoms with Crippen LogP contribution in [0.3, 0.4) is 0 Å². The smallest absolute Gasteiger partial charge is 0.216 e. The Morgan fingerprint density at radius 2 is 2.08 bits per heavy atom. The Morgan fingerprint density at radius 1 is 1.29 bits per heavy atom. The zero-order chi connectivity index (χ0) is 17.3. The van der Waals surface area contributed by atoms with Crippen LogP contribution in [0.25, 0.3) is 5.52 Å². The van der Waals surface area contributed by atoms with Crippen LogP contribution < -0.4 is 4.74 Å². The molecule has 24 heavy (non-hydrogen) atoms. The largest absolute Gasteiger partial charge is 0.504 e. The van der Waals surface area contributed by atoms with Crippen molar-refractivity contribution in [3.8, 4) is 11.5 Å². The lowest BCUT2D eigenvalue weighted by Gasteiger charge is -2.17. The highest BCUT2D eigenvalue weighted by Gasteiger charge is 2.26. The summed E-state index contributed by atoms with van der Waals surface area (Å²) in [6.45, 7) is 1.71. The van der Waals surface area contributed by atoms with E-state index < -0.39 is 5.92 Å². The Balaban J connectivity index is 2.19. The Labute approximate surface area is 139 Å². The van der Waals surface area contributed by atoms with Crippen molar-refractivity contribution in [2.45, 2.75) is 12.8 Å². The Hall–Kier alpha value is -3.02. The first-order valence-electron chi connectivity index (χ1n) is 7.56. The van der Waals surface area contributed by atoms with Gasteiger partial charge in [-0.3, -0.25) is 10.1 Å². The van der Waals surface area contributed by atoms with Gasteiger partial charge in [0.2, 0.25) is 6.54 Å². The molecule has 6 heteroatoms. The van der Waals surface area contributed by atoms with E-state index in [1.807, 2.05) is 41.8 Å². The van der Waals surface area contributed by atoms with Crippen molar-refractivity contribution in [3.05, 3.63) is 75.6 Å². The fourth-order valence-electron chi connectivity index (χ4n) is 3.13. The molecule has 6 nitrogen and oxygen atoms in total. The Kier molecular flexibility index (Phi) is 4.12. The predicted octanol–water partition coefficient (Wildman–Crippen LogP) is 3.37. The molecule has 0 aliphatic heterocycles. The van der Waals surface area contributed by atoms with Crippen molar-refractivity contribution in [2.75, 3.05) is 13.7 Å². The van der Waals surface area contributed by atoms with E-state index >= 15 is 0 Å². The lowest BCUT2D eigenvalue weighted by atomic mass is 9.93. The molecule has 0 aliphatic carbocycles. The van der Waals surface area contributed by atoms with Crippen LogP contribution in [0.1, 0.15) is 22.7 Å². The number of ether oxygens (including phenoxy) is 1. The molecule has 0 saturated carbocycles. The monoisotopic (exact) mass is 326 g/mol. The molecule has 3 aromatic rings. The van der Waals surface area contributed by atoms with E-state index in [1.54, 1.807) is 12.1 Å². The summed E-state index contributed by atoms with van der Waals surface area (Å²) in [5.41, 5.74) is 3.58. The molecule has 0 unspecified atom stereocenters. The van der Waals surface area contributed by atoms with Crippen molar-refractivity contribution in [1.82, 2.24) is 4.40 Å². The van der Waals surface area contributed by atoms with E-state index in [4.69, 9.17) is 4.74 Å². The van der Waals surface area contributed by atoms with Crippen LogP contribution in [0.4, 0.5) is 0 Å². The minimum absolute atomic E-state index is 0.0119. The van der Waals surface area contributed by atoms with Crippen LogP contribution in [-0.4, -0.2) is 28.1 Å². The second-order valence-electron chi connectivity index (χ2n) is 5.71. The van der Waals surface area contributed by atoms with Gasteiger partial charge in [0.15, 0.2) is 11.5 Å². The maximum absolute atomic E-state index is 11.3. The van der Waals surface area contributed by atoms with Gasteiger partial charge in [0.1, 0.15) is 0 Å². The van der Waals surface area contributed by atoms with Gasteiger partial charge in [-0.2, -0.15) is 0 Å². The van der Waals surface area contributed by atoms with E-state index in [0.29, 0.717) is 5.75 Å². The van der Waals surface area contributed by atoms with Crippen molar-refractivity contribution in [1.29, 1.82) is 0 Å². The number of pyridine rings is 1. The molecule has 3 rings (SSSR count). The number of benzene rings is 1. The third-order valence-electron chi connectivity index (χ3n) is 4.19. The SMILES string of the molecule is COc1cc([C@H](C[N+](=O)[O-])c2c(C)cc3ccccn23)ccc1O. The Bertz CT molecular complexity index is 901. The van der Waals surface area contributed by atoms with E-state index in [9.17, 15) is 15.2 Å². The number of methoxy groups -OCH3 is 1. The summed E-state index contributed by atoms with van der Waals surface area (Å²) < 4.78 is 7.12. The first-order chi connectivity index (χ1) is 11.5. The summed E-state index contributed by atoms with van der Waals surface area (Å²) in [5.74, 6) is -0.128. The molecule has 1 aromatic carbocycles. The van der Waals surface area contributed by atoms with Crippen molar-refractivity contribution >= 4 is 5.52 Å². The van der Waals surface area contributed by atoms with E-state index in [1.165, 1.54) is 13.2 Å². The van der Waals surface area contributed by atoms with Gasteiger partial charge < -0.3 is 14.2 Å². The van der Waals surface area contributed by atoms with Gasteiger partial charge in [0, 0.05) is 22.3 Å². The van der Waals surface area contributed by atoms with Crippen molar-refractivity contribution < 1.29 is 14.8 Å². The number of phenolic OH excluding ortho intramolecular Hbond substituents is 1. The number of hydrogen-bond acceptors (Lipinski definition) is 4. The summed E-state index contributed by atoms with van der Waals surface area (Å²) in [5, 5.41) is 21.1. The molecule has 0 saturated heterocycles. The summed E-state index contributed by atoms with van der Waals surface area (Å²) in [4.78, 5) is 10.9. The first kappa shape index (κ1) is 15.9. The van der Waals surface area contributed by atoms with Gasteiger partial charge in [-0.25, -0.2) is 0 Å². The van der Waals surface area contributed by atoms with E-state index in [0.717, 1.165) is 22.3 Å². The minimum atomic E-state index is -0.445. The molecular formula is C18H18N2O4. The lowest BCUT2D eigenvalue weighted by Crippen LogP contribution is -2.16. The number of nitrogens with zero attached hydrogens (tertiary/aromatic N) is 2. The second-order valence-corrected chi connectivity index (χ2v) is 5.71. The molecule has 0 amide bonds. The highest BCUT2D eigenvalue weighted by atomic mass is 16.6. The quantitative estimate of drug-likeness (QED) is 0.576. The predicted molar refractivity (Wildman–Crippen MR) is 90.5 cm³/mol. The highest BCUT2D eigenvalue weighted by molar-refractivity contribution is 5.56. The van der Waals surface area contributed by atoms with Gasteiger partial charge in [0.05, 0.1) is 13.0 Å². The van der Waals surface area contributed by atoms with Gasteiger partial charge in [-0.15, -0.1) is 0 Å². The number of aryl methyl sites for hydroxylation is 1. The number of nitro groups is 1. The van der Waals surface area contributed by atoms with Gasteiger partial charge in [0.25, 0.3) is 0 Å². The average Bonchev–Trinajstić information content (AvgIpc) is 2.89. The molecule has 0 fully saturated rings. The van der Waals surface area contributed by atoms with Crippen LogP contribution in [0.5, 0.6) is 11.5 Å². The standard InChI is InChI=1S/C18H18N2O4/c1-12-9-14-5-3-4-8-19(14)18(12)15(11-20(22)23)13-6-7-16(21)17(10-13)24-2/h3-10,15,21H,11H2,1-2H3/t15-/m0/s1. The number of fused-ring (bicyclic) bond motifs is 1. The minimum Gasteiger partial charge on any atom is -0.504 e. The molecule has 1 N–H and O–H groups in total. The number of aromatic hydroxyl groups is 1. The zero-order valence-corrected chi connectivity index (χ0v) is 13.5. The fraction of sp³-hybridized carbons (Fsp3) is 0.222. The Morgan fingerprint density at radius 3 is 2.79 bits per heavy atom. The average molecular weight is 326 g/mol. The summed E-state index contributed by atoms with van der Waals surface area (Å²) >= 11 is 0. The molecule has 2 heterocycles. The van der Waals surface area contributed by atoms with Crippen LogP contribution in [-0.2, 0) is 0 Å². The number of rotatable bonds is 5. The van der Waals surface area contributed by atoms with Crippen molar-refractivity contribution in [2.24, 2.45) is 0 Å². The topological polar surface area (TPSA) is 77.0 Å². The van der Waals surface area contributed by atoms with Gasteiger partial charge in [-0.05, 0) is 48.4 Å². The van der Waals surface area contributed by atoms with E-state index in [-0.39, 0.29) is 17.2 Å². The maximum Gasteiger partial charge on any atom is 0.216 e. The maximum atomic E-state index is 11.3. The van der Waals surface area contributed by atoms with Gasteiger partial charge >= 0.3 is 0 Å². The molecule has 0 bridgehead atoms. The molecule has 0 radical (unpaired) electrons. The molecule has 2 aromatic heterocycles. The highest BCUT2D eigenvalue weighted by Crippen LogP contribution is 2.35. The molecule has 0 aliphatic rings. The number of aromatic nitrogens is 1. The zero-order valence-electron chi connectivity index (χ0n) is 13.5. The lowest BCUT2D eigenvalue weighted by molar-refractivity contribution is -0.482. The molecule has 124 valence electrons. The fourth-order valence-corrected chi connectivity index (χ4v) is 3.13. The summed E-state index contributed by atoms with van der Waals surface area (Å²) in [7, 11) is 1.46. The summed E-state index contributed by atoms with van der Waals surface area (Å²) in [6, 6.07) is 12.7. The number of hydrogen-bond donors (Lipinski definition) is 1. The molecule has 0 spiro atoms. The third-order valence-corrected chi connectivity index (χ3v) is 4.19. The normalized spacial score (nSPS) is 12.2. The van der Waals surface area contributed by atoms with Crippen molar-refractivity contribution in [3.63, 3.8) is 0 Å². The van der Waals surface area contributed by atoms with Crippen LogP contribution >= 0.6 is 0 Å². The third kappa shape index (κ3) is 2.78. The number of phenols is 1. The summed E-state index contributed by atoms with van der Waals surface area (Å²) in [6.07, 6.45) is 1.91. The first-order valence-corrected chi connectivity index (χ1v) is 7.56. The van der Waals surface area contributed by atoms with Crippen LogP contribution in [0, 0.1) is 17.0 Å². The molecule has 1 atom stereocenters. The van der Waals surface area contributed by atoms with Crippen LogP contribution in [0.15, 0.2) is 48.7 Å². The van der Waals surface area contributed by atoms with Gasteiger partial charge in [-0.1, -0.05) is 12.1 Å². The van der Waals surface area contributed by atoms with Crippen LogP contribution in [0.2, 0.25) is 0 Å². The molecular weight excluding hydrogens is 308 g/mol. The second kappa shape index (κ2) is 6.23.